The van der Waals surface area contributed by atoms with Crippen LogP contribution in [-0.4, -0.2) is 5.78 Å². The molecular formula is C17H16O2. The van der Waals surface area contributed by atoms with Crippen molar-refractivity contribution in [3.05, 3.63) is 65.7 Å². The highest BCUT2D eigenvalue weighted by Gasteiger charge is 2.30. The van der Waals surface area contributed by atoms with E-state index in [4.69, 9.17) is 4.74 Å². The van der Waals surface area contributed by atoms with Gasteiger partial charge in [0, 0.05) is 11.5 Å². The molecule has 96 valence electrons. The minimum absolute atomic E-state index is 0.254. The van der Waals surface area contributed by atoms with Gasteiger partial charge in [0.05, 0.1) is 0 Å². The zero-order valence-electron chi connectivity index (χ0n) is 10.7. The molecule has 2 heteroatoms. The van der Waals surface area contributed by atoms with Crippen LogP contribution in [0.25, 0.3) is 0 Å². The van der Waals surface area contributed by atoms with E-state index in [2.05, 4.69) is 0 Å². The molecule has 0 N–H and O–H groups in total. The summed E-state index contributed by atoms with van der Waals surface area (Å²) < 4.78 is 5.73. The first kappa shape index (κ1) is 12.0. The van der Waals surface area contributed by atoms with Gasteiger partial charge in [-0.15, -0.1) is 0 Å². The van der Waals surface area contributed by atoms with Gasteiger partial charge in [-0.2, -0.15) is 0 Å². The summed E-state index contributed by atoms with van der Waals surface area (Å²) in [5.41, 5.74) is 1.90. The summed E-state index contributed by atoms with van der Waals surface area (Å²) in [5, 5.41) is 0. The van der Waals surface area contributed by atoms with Crippen molar-refractivity contribution >= 4 is 5.78 Å². The van der Waals surface area contributed by atoms with Crippen LogP contribution >= 0.6 is 0 Å². The van der Waals surface area contributed by atoms with E-state index in [-0.39, 0.29) is 11.7 Å². The van der Waals surface area contributed by atoms with Crippen LogP contribution in [0, 0.1) is 5.92 Å². The molecule has 2 nitrogen and oxygen atoms in total. The monoisotopic (exact) mass is 252 g/mol. The third-order valence-corrected chi connectivity index (χ3v) is 3.32. The molecule has 0 radical (unpaired) electrons. The molecule has 2 aromatic carbocycles. The molecule has 1 aliphatic carbocycles. The van der Waals surface area contributed by atoms with Gasteiger partial charge in [0.25, 0.3) is 0 Å². The van der Waals surface area contributed by atoms with E-state index in [0.29, 0.717) is 6.61 Å². The molecule has 0 spiro atoms. The Morgan fingerprint density at radius 1 is 1.05 bits per heavy atom. The minimum Gasteiger partial charge on any atom is -0.489 e. The number of carbonyl (C=O) groups excluding carboxylic acids is 1. The molecule has 3 rings (SSSR count). The molecule has 0 aliphatic heterocycles. The van der Waals surface area contributed by atoms with Crippen LogP contribution in [0.15, 0.2) is 54.6 Å². The highest BCUT2D eigenvalue weighted by Crippen LogP contribution is 2.33. The maximum atomic E-state index is 12.0. The quantitative estimate of drug-likeness (QED) is 0.755. The second kappa shape index (κ2) is 5.27. The summed E-state index contributed by atoms with van der Waals surface area (Å²) in [4.78, 5) is 12.0. The van der Waals surface area contributed by atoms with Crippen molar-refractivity contribution in [2.45, 2.75) is 19.4 Å². The third-order valence-electron chi connectivity index (χ3n) is 3.32. The normalized spacial score (nSPS) is 14.1. The highest BCUT2D eigenvalue weighted by molar-refractivity contribution is 5.99. The van der Waals surface area contributed by atoms with Crippen LogP contribution in [-0.2, 0) is 6.61 Å². The van der Waals surface area contributed by atoms with Gasteiger partial charge in [0.2, 0.25) is 0 Å². The van der Waals surface area contributed by atoms with Crippen LogP contribution in [0.2, 0.25) is 0 Å². The summed E-state index contributed by atoms with van der Waals surface area (Å²) in [5.74, 6) is 1.27. The van der Waals surface area contributed by atoms with Gasteiger partial charge in [0.15, 0.2) is 5.78 Å². The molecule has 0 aromatic heterocycles. The molecule has 1 aliphatic rings. The van der Waals surface area contributed by atoms with Crippen molar-refractivity contribution in [1.29, 1.82) is 0 Å². The van der Waals surface area contributed by atoms with Gasteiger partial charge in [-0.3, -0.25) is 4.79 Å². The molecule has 0 amide bonds. The first-order chi connectivity index (χ1) is 9.33. The summed E-state index contributed by atoms with van der Waals surface area (Å²) in [7, 11) is 0. The van der Waals surface area contributed by atoms with Gasteiger partial charge in [0.1, 0.15) is 12.4 Å². The van der Waals surface area contributed by atoms with Crippen LogP contribution < -0.4 is 4.74 Å². The zero-order chi connectivity index (χ0) is 13.1. The molecule has 0 bridgehead atoms. The first-order valence-corrected chi connectivity index (χ1v) is 6.64. The summed E-state index contributed by atoms with van der Waals surface area (Å²) in [6.07, 6.45) is 2.07. The van der Waals surface area contributed by atoms with Gasteiger partial charge in [-0.05, 0) is 30.5 Å². The molecule has 0 heterocycles. The molecular weight excluding hydrogens is 236 g/mol. The fourth-order valence-corrected chi connectivity index (χ4v) is 2.06. The van der Waals surface area contributed by atoms with E-state index in [0.717, 1.165) is 29.7 Å². The predicted octanol–water partition coefficient (Wildman–Crippen LogP) is 3.86. The predicted molar refractivity (Wildman–Crippen MR) is 74.3 cm³/mol. The standard InChI is InChI=1S/C17H16O2/c18-17(14-9-10-14)15-7-4-8-16(11-15)19-12-13-5-2-1-3-6-13/h1-8,11,14H,9-10,12H2. The maximum Gasteiger partial charge on any atom is 0.166 e. The lowest BCUT2D eigenvalue weighted by Gasteiger charge is -2.07. The first-order valence-electron chi connectivity index (χ1n) is 6.64. The smallest absolute Gasteiger partial charge is 0.166 e. The highest BCUT2D eigenvalue weighted by atomic mass is 16.5. The second-order valence-corrected chi connectivity index (χ2v) is 4.94. The molecule has 1 saturated carbocycles. The van der Waals surface area contributed by atoms with Crippen molar-refractivity contribution < 1.29 is 9.53 Å². The maximum absolute atomic E-state index is 12.0. The zero-order valence-corrected chi connectivity index (χ0v) is 10.7. The molecule has 0 atom stereocenters. The Morgan fingerprint density at radius 3 is 2.58 bits per heavy atom. The number of hydrogen-bond acceptors (Lipinski definition) is 2. The van der Waals surface area contributed by atoms with Crippen molar-refractivity contribution in [3.8, 4) is 5.75 Å². The third kappa shape index (κ3) is 3.02. The fourth-order valence-electron chi connectivity index (χ4n) is 2.06. The Labute approximate surface area is 113 Å². The van der Waals surface area contributed by atoms with E-state index in [9.17, 15) is 4.79 Å². The summed E-state index contributed by atoms with van der Waals surface area (Å²) in [6.45, 7) is 0.530. The number of hydrogen-bond donors (Lipinski definition) is 0. The number of benzene rings is 2. The van der Waals surface area contributed by atoms with Crippen LogP contribution in [0.4, 0.5) is 0 Å². The number of Topliss-reactive ketones (excluding diaryl/α,β-unsaturated/α-hetero) is 1. The Kier molecular flexibility index (Phi) is 3.32. The molecule has 0 saturated heterocycles. The minimum atomic E-state index is 0.254. The lowest BCUT2D eigenvalue weighted by molar-refractivity contribution is 0.0967. The Bertz CT molecular complexity index is 571. The van der Waals surface area contributed by atoms with Crippen molar-refractivity contribution in [2.75, 3.05) is 0 Å². The number of ketones is 1. The summed E-state index contributed by atoms with van der Waals surface area (Å²) >= 11 is 0. The van der Waals surface area contributed by atoms with Crippen molar-refractivity contribution in [3.63, 3.8) is 0 Å². The van der Waals surface area contributed by atoms with Crippen molar-refractivity contribution in [1.82, 2.24) is 0 Å². The summed E-state index contributed by atoms with van der Waals surface area (Å²) in [6, 6.07) is 17.5. The molecule has 1 fully saturated rings. The van der Waals surface area contributed by atoms with Crippen LogP contribution in [0.3, 0.4) is 0 Å². The van der Waals surface area contributed by atoms with Gasteiger partial charge < -0.3 is 4.74 Å². The van der Waals surface area contributed by atoms with E-state index in [1.165, 1.54) is 0 Å². The van der Waals surface area contributed by atoms with Gasteiger partial charge in [-0.1, -0.05) is 42.5 Å². The molecule has 19 heavy (non-hydrogen) atoms. The average Bonchev–Trinajstić information content (AvgIpc) is 3.30. The Balaban J connectivity index is 1.67. The largest absolute Gasteiger partial charge is 0.489 e. The van der Waals surface area contributed by atoms with E-state index >= 15 is 0 Å². The topological polar surface area (TPSA) is 26.3 Å². The number of ether oxygens (including phenoxy) is 1. The number of carbonyl (C=O) groups is 1. The molecule has 2 aromatic rings. The lowest BCUT2D eigenvalue weighted by atomic mass is 10.1. The van der Waals surface area contributed by atoms with Crippen molar-refractivity contribution in [2.24, 2.45) is 5.92 Å². The van der Waals surface area contributed by atoms with Crippen LogP contribution in [0.5, 0.6) is 5.75 Å². The second-order valence-electron chi connectivity index (χ2n) is 4.94. The Hall–Kier alpha value is -2.09. The van der Waals surface area contributed by atoms with Gasteiger partial charge in [-0.25, -0.2) is 0 Å². The molecule has 0 unspecified atom stereocenters. The SMILES string of the molecule is O=C(c1cccc(OCc2ccccc2)c1)C1CC1. The van der Waals surface area contributed by atoms with E-state index in [1.54, 1.807) is 0 Å². The van der Waals surface area contributed by atoms with E-state index in [1.807, 2.05) is 54.6 Å². The lowest BCUT2D eigenvalue weighted by Crippen LogP contribution is -2.02. The Morgan fingerprint density at radius 2 is 1.84 bits per heavy atom. The number of rotatable bonds is 5. The van der Waals surface area contributed by atoms with Gasteiger partial charge >= 0.3 is 0 Å². The fraction of sp³-hybridized carbons (Fsp3) is 0.235. The average molecular weight is 252 g/mol. The van der Waals surface area contributed by atoms with Crippen LogP contribution in [0.1, 0.15) is 28.8 Å². The van der Waals surface area contributed by atoms with E-state index < -0.39 is 0 Å².